The summed E-state index contributed by atoms with van der Waals surface area (Å²) in [5, 5.41) is 12.0. The summed E-state index contributed by atoms with van der Waals surface area (Å²) >= 11 is 1.55. The third-order valence-electron chi connectivity index (χ3n) is 3.01. The van der Waals surface area contributed by atoms with E-state index in [0.29, 0.717) is 6.10 Å². The Hall–Kier alpha value is -0.890. The van der Waals surface area contributed by atoms with Gasteiger partial charge in [-0.2, -0.15) is 5.26 Å². The number of nitriles is 1. The van der Waals surface area contributed by atoms with E-state index in [0.717, 1.165) is 24.6 Å². The summed E-state index contributed by atoms with van der Waals surface area (Å²) < 4.78 is 5.76. The Morgan fingerprint density at radius 3 is 2.94 bits per heavy atom. The molecule has 92 valence electrons. The zero-order chi connectivity index (χ0) is 11.9. The Kier molecular flexibility index (Phi) is 4.99. The molecule has 0 aliphatic heterocycles. The molecule has 0 amide bonds. The van der Waals surface area contributed by atoms with Gasteiger partial charge in [0.15, 0.2) is 0 Å². The van der Waals surface area contributed by atoms with Gasteiger partial charge in [-0.1, -0.05) is 12.8 Å². The summed E-state index contributed by atoms with van der Waals surface area (Å²) in [5.41, 5.74) is 0. The smallest absolute Gasteiger partial charge is 0.110 e. The summed E-state index contributed by atoms with van der Waals surface area (Å²) in [6.07, 6.45) is 5.62. The van der Waals surface area contributed by atoms with E-state index in [1.54, 1.807) is 11.3 Å². The minimum atomic E-state index is 0.503. The zero-order valence-corrected chi connectivity index (χ0v) is 10.8. The number of nitrogens with zero attached hydrogens (tertiary/aromatic N) is 1. The summed E-state index contributed by atoms with van der Waals surface area (Å²) in [4.78, 5) is 1.99. The molecule has 0 unspecified atom stereocenters. The maximum Gasteiger partial charge on any atom is 0.110 e. The van der Waals surface area contributed by atoms with Crippen molar-refractivity contribution in [1.82, 2.24) is 5.32 Å². The van der Waals surface area contributed by atoms with E-state index in [9.17, 15) is 0 Å². The van der Waals surface area contributed by atoms with Crippen LogP contribution in [-0.4, -0.2) is 19.3 Å². The average Bonchev–Trinajstić information content (AvgIpc) is 2.99. The van der Waals surface area contributed by atoms with Crippen LogP contribution in [0.15, 0.2) is 12.1 Å². The minimum Gasteiger partial charge on any atom is -0.377 e. The average molecular weight is 250 g/mol. The maximum atomic E-state index is 8.70. The normalized spacial score (nSPS) is 16.2. The van der Waals surface area contributed by atoms with Crippen LogP contribution in [0.4, 0.5) is 0 Å². The highest BCUT2D eigenvalue weighted by Gasteiger charge is 2.14. The van der Waals surface area contributed by atoms with Gasteiger partial charge in [-0.25, -0.2) is 0 Å². The number of hydrogen-bond acceptors (Lipinski definition) is 4. The van der Waals surface area contributed by atoms with E-state index in [1.807, 2.05) is 12.1 Å². The molecule has 3 nitrogen and oxygen atoms in total. The highest BCUT2D eigenvalue weighted by Crippen LogP contribution is 2.20. The number of thiophene rings is 1. The Morgan fingerprint density at radius 1 is 1.41 bits per heavy atom. The second kappa shape index (κ2) is 6.75. The predicted octanol–water partition coefficient (Wildman–Crippen LogP) is 2.67. The van der Waals surface area contributed by atoms with E-state index < -0.39 is 0 Å². The van der Waals surface area contributed by atoms with E-state index in [2.05, 4.69) is 11.4 Å². The Balaban J connectivity index is 1.55. The van der Waals surface area contributed by atoms with Crippen molar-refractivity contribution in [2.75, 3.05) is 13.2 Å². The van der Waals surface area contributed by atoms with Crippen LogP contribution in [0.2, 0.25) is 0 Å². The summed E-state index contributed by atoms with van der Waals surface area (Å²) in [6, 6.07) is 6.03. The summed E-state index contributed by atoms with van der Waals surface area (Å²) in [6.45, 7) is 2.51. The van der Waals surface area contributed by atoms with Crippen LogP contribution in [-0.2, 0) is 11.3 Å². The molecule has 17 heavy (non-hydrogen) atoms. The van der Waals surface area contributed by atoms with Crippen LogP contribution in [0.1, 0.15) is 35.4 Å². The molecular formula is C13H18N2OS. The molecule has 4 heteroatoms. The highest BCUT2D eigenvalue weighted by molar-refractivity contribution is 7.12. The molecule has 1 N–H and O–H groups in total. The third-order valence-corrected chi connectivity index (χ3v) is 4.00. The van der Waals surface area contributed by atoms with Crippen molar-refractivity contribution in [3.05, 3.63) is 21.9 Å². The molecule has 1 aliphatic rings. The van der Waals surface area contributed by atoms with Crippen molar-refractivity contribution in [3.8, 4) is 6.07 Å². The van der Waals surface area contributed by atoms with Crippen molar-refractivity contribution < 1.29 is 4.74 Å². The first-order valence-corrected chi connectivity index (χ1v) is 7.01. The van der Waals surface area contributed by atoms with Crippen molar-refractivity contribution in [1.29, 1.82) is 5.26 Å². The van der Waals surface area contributed by atoms with Crippen molar-refractivity contribution in [3.63, 3.8) is 0 Å². The summed E-state index contributed by atoms with van der Waals surface area (Å²) in [7, 11) is 0. The fraction of sp³-hybridized carbons (Fsp3) is 0.615. The quantitative estimate of drug-likeness (QED) is 0.789. The standard InChI is InChI=1S/C13H18N2OS/c14-9-12-5-6-13(17-12)10-15-7-8-16-11-3-1-2-4-11/h5-6,11,15H,1-4,7-8,10H2. The van der Waals surface area contributed by atoms with Crippen molar-refractivity contribution in [2.45, 2.75) is 38.3 Å². The fourth-order valence-corrected chi connectivity index (χ4v) is 2.87. The van der Waals surface area contributed by atoms with Crippen molar-refractivity contribution in [2.24, 2.45) is 0 Å². The Morgan fingerprint density at radius 2 is 2.24 bits per heavy atom. The van der Waals surface area contributed by atoms with Gasteiger partial charge in [0, 0.05) is 18.0 Å². The Labute approximate surface area is 106 Å². The molecule has 1 aromatic heterocycles. The molecule has 0 saturated heterocycles. The van der Waals surface area contributed by atoms with Gasteiger partial charge in [-0.3, -0.25) is 0 Å². The molecule has 2 rings (SSSR count). The number of ether oxygens (including phenoxy) is 1. The van der Waals surface area contributed by atoms with E-state index in [1.165, 1.54) is 30.6 Å². The lowest BCUT2D eigenvalue weighted by Gasteiger charge is -2.10. The van der Waals surface area contributed by atoms with Crippen LogP contribution < -0.4 is 5.32 Å². The van der Waals surface area contributed by atoms with Crippen LogP contribution in [0, 0.1) is 11.3 Å². The minimum absolute atomic E-state index is 0.503. The third kappa shape index (κ3) is 4.12. The predicted molar refractivity (Wildman–Crippen MR) is 68.9 cm³/mol. The van der Waals surface area contributed by atoms with Gasteiger partial charge < -0.3 is 10.1 Å². The monoisotopic (exact) mass is 250 g/mol. The lowest BCUT2D eigenvalue weighted by atomic mass is 10.3. The molecule has 0 radical (unpaired) electrons. The largest absolute Gasteiger partial charge is 0.377 e. The zero-order valence-electron chi connectivity index (χ0n) is 9.95. The number of rotatable bonds is 6. The molecule has 1 saturated carbocycles. The molecule has 0 aromatic carbocycles. The molecule has 1 aromatic rings. The first-order chi connectivity index (χ1) is 8.38. The van der Waals surface area contributed by atoms with E-state index in [4.69, 9.17) is 10.00 Å². The lowest BCUT2D eigenvalue weighted by Crippen LogP contribution is -2.21. The van der Waals surface area contributed by atoms with Gasteiger partial charge in [-0.15, -0.1) is 11.3 Å². The summed E-state index contributed by atoms with van der Waals surface area (Å²) in [5.74, 6) is 0. The lowest BCUT2D eigenvalue weighted by molar-refractivity contribution is 0.0603. The topological polar surface area (TPSA) is 45.0 Å². The first kappa shape index (κ1) is 12.6. The van der Waals surface area contributed by atoms with Crippen LogP contribution in [0.3, 0.4) is 0 Å². The first-order valence-electron chi connectivity index (χ1n) is 6.19. The molecule has 0 bridgehead atoms. The number of hydrogen-bond donors (Lipinski definition) is 1. The van der Waals surface area contributed by atoms with E-state index in [-0.39, 0.29) is 0 Å². The van der Waals surface area contributed by atoms with E-state index >= 15 is 0 Å². The molecule has 0 spiro atoms. The van der Waals surface area contributed by atoms with Gasteiger partial charge in [0.05, 0.1) is 12.7 Å². The molecule has 0 atom stereocenters. The SMILES string of the molecule is N#Cc1ccc(CNCCOC2CCCC2)s1. The van der Waals surface area contributed by atoms with Crippen molar-refractivity contribution >= 4 is 11.3 Å². The molecular weight excluding hydrogens is 232 g/mol. The second-order valence-corrected chi connectivity index (χ2v) is 5.50. The molecule has 1 aliphatic carbocycles. The van der Waals surface area contributed by atoms with Gasteiger partial charge in [0.1, 0.15) is 10.9 Å². The van der Waals surface area contributed by atoms with Crippen LogP contribution >= 0.6 is 11.3 Å². The highest BCUT2D eigenvalue weighted by atomic mass is 32.1. The van der Waals surface area contributed by atoms with Gasteiger partial charge in [-0.05, 0) is 25.0 Å². The Bertz CT molecular complexity index is 377. The molecule has 1 fully saturated rings. The molecule has 1 heterocycles. The van der Waals surface area contributed by atoms with Crippen LogP contribution in [0.5, 0.6) is 0 Å². The van der Waals surface area contributed by atoms with Gasteiger partial charge in [0.2, 0.25) is 0 Å². The van der Waals surface area contributed by atoms with Gasteiger partial charge in [0.25, 0.3) is 0 Å². The maximum absolute atomic E-state index is 8.70. The number of nitrogens with one attached hydrogen (secondary N) is 1. The van der Waals surface area contributed by atoms with Gasteiger partial charge >= 0.3 is 0 Å². The van der Waals surface area contributed by atoms with Crippen LogP contribution in [0.25, 0.3) is 0 Å². The fourth-order valence-electron chi connectivity index (χ4n) is 2.10. The second-order valence-electron chi connectivity index (χ2n) is 4.33.